The highest BCUT2D eigenvalue weighted by Crippen LogP contribution is 2.23. The summed E-state index contributed by atoms with van der Waals surface area (Å²) < 4.78 is 1.04. The van der Waals surface area contributed by atoms with E-state index in [0.717, 1.165) is 3.57 Å². The lowest BCUT2D eigenvalue weighted by Crippen LogP contribution is -2.25. The fourth-order valence-corrected chi connectivity index (χ4v) is 1.85. The van der Waals surface area contributed by atoms with E-state index < -0.39 is 0 Å². The molecule has 0 bridgehead atoms. The molecular weight excluding hydrogens is 314 g/mol. The van der Waals surface area contributed by atoms with E-state index in [0.29, 0.717) is 10.7 Å². The second kappa shape index (κ2) is 5.53. The largest absolute Gasteiger partial charge is 0.324 e. The van der Waals surface area contributed by atoms with Crippen LogP contribution in [0.5, 0.6) is 0 Å². The summed E-state index contributed by atoms with van der Waals surface area (Å²) in [6.45, 7) is 0.280. The highest BCUT2D eigenvalue weighted by atomic mass is 127. The Labute approximate surface area is 101 Å². The third-order valence-electron chi connectivity index (χ3n) is 1.54. The maximum Gasteiger partial charge on any atom is 0.238 e. The Morgan fingerprint density at radius 3 is 2.86 bits per heavy atom. The number of halogens is 2. The molecule has 2 N–H and O–H groups in total. The fraction of sp³-hybridized carbons (Fsp3) is 0.222. The number of benzene rings is 1. The van der Waals surface area contributed by atoms with Gasteiger partial charge in [-0.15, -0.1) is 0 Å². The van der Waals surface area contributed by atoms with Gasteiger partial charge in [-0.1, -0.05) is 11.6 Å². The van der Waals surface area contributed by atoms with Crippen LogP contribution in [0, 0.1) is 3.57 Å². The summed E-state index contributed by atoms with van der Waals surface area (Å²) in [6, 6.07) is 5.48. The molecule has 0 aliphatic heterocycles. The molecule has 3 nitrogen and oxygen atoms in total. The van der Waals surface area contributed by atoms with E-state index in [1.54, 1.807) is 19.2 Å². The standard InChI is InChI=1S/C9H10ClIN2O/c1-12-5-9(14)13-8-3-2-6(11)4-7(8)10/h2-4,12H,5H2,1H3,(H,13,14). The van der Waals surface area contributed by atoms with Crippen molar-refractivity contribution in [3.8, 4) is 0 Å². The van der Waals surface area contributed by atoms with Gasteiger partial charge in [0.15, 0.2) is 0 Å². The first kappa shape index (κ1) is 11.7. The molecule has 1 aromatic carbocycles. The van der Waals surface area contributed by atoms with Crippen LogP contribution in [0.2, 0.25) is 5.02 Å². The molecule has 0 unspecified atom stereocenters. The SMILES string of the molecule is CNCC(=O)Nc1ccc(I)cc1Cl. The molecule has 0 aliphatic carbocycles. The van der Waals surface area contributed by atoms with E-state index in [2.05, 4.69) is 33.2 Å². The van der Waals surface area contributed by atoms with Crippen molar-refractivity contribution in [3.63, 3.8) is 0 Å². The zero-order valence-electron chi connectivity index (χ0n) is 7.60. The second-order valence-corrected chi connectivity index (χ2v) is 4.36. The average Bonchev–Trinajstić information content (AvgIpc) is 2.10. The summed E-state index contributed by atoms with van der Waals surface area (Å²) in [5.41, 5.74) is 0.646. The summed E-state index contributed by atoms with van der Waals surface area (Å²) in [7, 11) is 1.72. The molecule has 0 atom stereocenters. The topological polar surface area (TPSA) is 41.1 Å². The van der Waals surface area contributed by atoms with E-state index >= 15 is 0 Å². The van der Waals surface area contributed by atoms with Gasteiger partial charge in [-0.2, -0.15) is 0 Å². The molecule has 0 aromatic heterocycles. The number of carbonyl (C=O) groups is 1. The van der Waals surface area contributed by atoms with Crippen LogP contribution in [0.4, 0.5) is 5.69 Å². The van der Waals surface area contributed by atoms with Gasteiger partial charge in [0, 0.05) is 3.57 Å². The zero-order chi connectivity index (χ0) is 10.6. The molecule has 0 aliphatic rings. The maximum atomic E-state index is 11.2. The lowest BCUT2D eigenvalue weighted by molar-refractivity contribution is -0.115. The highest BCUT2D eigenvalue weighted by molar-refractivity contribution is 14.1. The van der Waals surface area contributed by atoms with Crippen LogP contribution in [-0.4, -0.2) is 19.5 Å². The van der Waals surface area contributed by atoms with Gasteiger partial charge in [-0.25, -0.2) is 0 Å². The normalized spacial score (nSPS) is 9.93. The number of hydrogen-bond acceptors (Lipinski definition) is 2. The molecule has 0 saturated carbocycles. The lowest BCUT2D eigenvalue weighted by Gasteiger charge is -2.06. The second-order valence-electron chi connectivity index (χ2n) is 2.70. The number of rotatable bonds is 3. The number of carbonyl (C=O) groups excluding carboxylic acids is 1. The van der Waals surface area contributed by atoms with Crippen molar-refractivity contribution in [1.29, 1.82) is 0 Å². The molecule has 0 spiro atoms. The molecule has 1 rings (SSSR count). The van der Waals surface area contributed by atoms with E-state index in [1.165, 1.54) is 0 Å². The Bertz CT molecular complexity index is 344. The van der Waals surface area contributed by atoms with Crippen LogP contribution >= 0.6 is 34.2 Å². The number of likely N-dealkylation sites (N-methyl/N-ethyl adjacent to an activating group) is 1. The van der Waals surface area contributed by atoms with E-state index in [4.69, 9.17) is 11.6 Å². The van der Waals surface area contributed by atoms with Gasteiger partial charge in [0.05, 0.1) is 17.3 Å². The van der Waals surface area contributed by atoms with Crippen LogP contribution in [0.1, 0.15) is 0 Å². The van der Waals surface area contributed by atoms with Crippen molar-refractivity contribution >= 4 is 45.8 Å². The van der Waals surface area contributed by atoms with E-state index in [1.807, 2.05) is 6.07 Å². The summed E-state index contributed by atoms with van der Waals surface area (Å²) >= 11 is 8.10. The average molecular weight is 325 g/mol. The minimum absolute atomic E-state index is 0.101. The van der Waals surface area contributed by atoms with Crippen LogP contribution < -0.4 is 10.6 Å². The van der Waals surface area contributed by atoms with Gasteiger partial charge in [-0.3, -0.25) is 4.79 Å². The molecular formula is C9H10ClIN2O. The number of nitrogens with one attached hydrogen (secondary N) is 2. The number of hydrogen-bond donors (Lipinski definition) is 2. The van der Waals surface area contributed by atoms with Gasteiger partial charge in [0.25, 0.3) is 0 Å². The Hall–Kier alpha value is -0.330. The van der Waals surface area contributed by atoms with Crippen molar-refractivity contribution in [2.24, 2.45) is 0 Å². The summed E-state index contributed by atoms with van der Waals surface area (Å²) in [5, 5.41) is 6.02. The Morgan fingerprint density at radius 1 is 1.57 bits per heavy atom. The molecule has 5 heteroatoms. The van der Waals surface area contributed by atoms with Crippen molar-refractivity contribution < 1.29 is 4.79 Å². The minimum atomic E-state index is -0.101. The molecule has 0 radical (unpaired) electrons. The van der Waals surface area contributed by atoms with E-state index in [-0.39, 0.29) is 12.5 Å². The van der Waals surface area contributed by atoms with Crippen LogP contribution in [0.15, 0.2) is 18.2 Å². The Kier molecular flexibility index (Phi) is 4.64. The molecule has 14 heavy (non-hydrogen) atoms. The van der Waals surface area contributed by atoms with Gasteiger partial charge in [0.2, 0.25) is 5.91 Å². The van der Waals surface area contributed by atoms with E-state index in [9.17, 15) is 4.79 Å². The predicted octanol–water partition coefficient (Wildman–Crippen LogP) is 2.10. The predicted molar refractivity (Wildman–Crippen MR) is 66.7 cm³/mol. The fourth-order valence-electron chi connectivity index (χ4n) is 0.946. The monoisotopic (exact) mass is 324 g/mol. The highest BCUT2D eigenvalue weighted by Gasteiger charge is 2.04. The van der Waals surface area contributed by atoms with Gasteiger partial charge in [0.1, 0.15) is 0 Å². The van der Waals surface area contributed by atoms with Crippen LogP contribution in [0.25, 0.3) is 0 Å². The maximum absolute atomic E-state index is 11.2. The summed E-state index contributed by atoms with van der Waals surface area (Å²) in [5.74, 6) is -0.101. The van der Waals surface area contributed by atoms with Crippen LogP contribution in [-0.2, 0) is 4.79 Å². The van der Waals surface area contributed by atoms with Crippen molar-refractivity contribution in [1.82, 2.24) is 5.32 Å². The van der Waals surface area contributed by atoms with Gasteiger partial charge < -0.3 is 10.6 Å². The molecule has 0 saturated heterocycles. The van der Waals surface area contributed by atoms with Crippen molar-refractivity contribution in [2.75, 3.05) is 18.9 Å². The molecule has 76 valence electrons. The smallest absolute Gasteiger partial charge is 0.238 e. The molecule has 0 heterocycles. The summed E-state index contributed by atoms with van der Waals surface area (Å²) in [6.07, 6.45) is 0. The molecule has 0 fully saturated rings. The quantitative estimate of drug-likeness (QED) is 0.836. The van der Waals surface area contributed by atoms with Gasteiger partial charge >= 0.3 is 0 Å². The van der Waals surface area contributed by atoms with Crippen LogP contribution in [0.3, 0.4) is 0 Å². The molecule has 1 aromatic rings. The van der Waals surface area contributed by atoms with Gasteiger partial charge in [-0.05, 0) is 47.8 Å². The first-order valence-electron chi connectivity index (χ1n) is 4.03. The molecule has 1 amide bonds. The number of anilines is 1. The third-order valence-corrected chi connectivity index (χ3v) is 2.53. The minimum Gasteiger partial charge on any atom is -0.324 e. The summed E-state index contributed by atoms with van der Waals surface area (Å²) in [4.78, 5) is 11.2. The zero-order valence-corrected chi connectivity index (χ0v) is 10.5. The Balaban J connectivity index is 2.72. The van der Waals surface area contributed by atoms with Crippen molar-refractivity contribution in [2.45, 2.75) is 0 Å². The Morgan fingerprint density at radius 2 is 2.29 bits per heavy atom. The third kappa shape index (κ3) is 3.43. The number of amides is 1. The lowest BCUT2D eigenvalue weighted by atomic mass is 10.3. The van der Waals surface area contributed by atoms with Crippen molar-refractivity contribution in [3.05, 3.63) is 26.8 Å². The first-order chi connectivity index (χ1) is 6.63. The first-order valence-corrected chi connectivity index (χ1v) is 5.48.